The van der Waals surface area contributed by atoms with E-state index in [0.29, 0.717) is 11.1 Å². The minimum Gasteiger partial charge on any atom is -0.493 e. The van der Waals surface area contributed by atoms with E-state index in [1.165, 1.54) is 31.5 Å². The average molecular weight is 322 g/mol. The molecular formula is C16H16F2N2O3. The van der Waals surface area contributed by atoms with Gasteiger partial charge in [0.15, 0.2) is 17.3 Å². The van der Waals surface area contributed by atoms with Gasteiger partial charge in [0, 0.05) is 12.7 Å². The maximum absolute atomic E-state index is 12.3. The van der Waals surface area contributed by atoms with Gasteiger partial charge in [-0.2, -0.15) is 13.9 Å². The molecule has 0 aliphatic rings. The Hall–Kier alpha value is -2.70. The van der Waals surface area contributed by atoms with Crippen LogP contribution >= 0.6 is 0 Å². The summed E-state index contributed by atoms with van der Waals surface area (Å²) >= 11 is 0. The Morgan fingerprint density at radius 3 is 2.65 bits per heavy atom. The Labute approximate surface area is 132 Å². The molecule has 0 saturated carbocycles. The summed E-state index contributed by atoms with van der Waals surface area (Å²) in [6, 6.07) is 4.43. The highest BCUT2D eigenvalue weighted by atomic mass is 19.3. The molecule has 1 aromatic heterocycles. The lowest BCUT2D eigenvalue weighted by Crippen LogP contribution is -2.03. The van der Waals surface area contributed by atoms with Crippen LogP contribution in [0.2, 0.25) is 0 Å². The van der Waals surface area contributed by atoms with Crippen molar-refractivity contribution in [3.05, 3.63) is 47.3 Å². The molecule has 1 aromatic carbocycles. The summed E-state index contributed by atoms with van der Waals surface area (Å²) in [6.45, 7) is -1.13. The molecule has 2 aromatic rings. The molecule has 0 aliphatic carbocycles. The topological polar surface area (TPSA) is 53.3 Å². The van der Waals surface area contributed by atoms with Gasteiger partial charge in [-0.1, -0.05) is 12.1 Å². The minimum atomic E-state index is -2.93. The predicted octanol–water partition coefficient (Wildman–Crippen LogP) is 3.23. The van der Waals surface area contributed by atoms with Gasteiger partial charge in [-0.3, -0.25) is 9.48 Å². The predicted molar refractivity (Wildman–Crippen MR) is 80.9 cm³/mol. The number of rotatable bonds is 6. The second-order valence-electron chi connectivity index (χ2n) is 4.75. The van der Waals surface area contributed by atoms with E-state index >= 15 is 0 Å². The second-order valence-corrected chi connectivity index (χ2v) is 4.75. The fraction of sp³-hybridized carbons (Fsp3) is 0.250. The van der Waals surface area contributed by atoms with Gasteiger partial charge in [-0.15, -0.1) is 0 Å². The molecule has 0 N–H and O–H groups in total. The number of benzene rings is 1. The Bertz CT molecular complexity index is 739. The number of aryl methyl sites for hydroxylation is 1. The third kappa shape index (κ3) is 3.94. The van der Waals surface area contributed by atoms with Crippen molar-refractivity contribution in [2.45, 2.75) is 13.5 Å². The zero-order valence-corrected chi connectivity index (χ0v) is 12.9. The summed E-state index contributed by atoms with van der Waals surface area (Å²) < 4.78 is 35.5. The number of allylic oxidation sites excluding steroid dienone is 1. The van der Waals surface area contributed by atoms with E-state index in [9.17, 15) is 13.6 Å². The van der Waals surface area contributed by atoms with Gasteiger partial charge in [0.1, 0.15) is 0 Å². The van der Waals surface area contributed by atoms with Gasteiger partial charge in [0.05, 0.1) is 18.9 Å². The standard InChI is InChI=1S/C16H16F2N2O3/c1-10-12(9-19-20(10)2)13(21)6-4-11-5-7-14(23-16(17)18)15(8-11)22-3/h4-9,16H,1-3H3/b6-4+. The summed E-state index contributed by atoms with van der Waals surface area (Å²) in [4.78, 5) is 12.1. The van der Waals surface area contributed by atoms with Crippen LogP contribution in [-0.4, -0.2) is 29.3 Å². The van der Waals surface area contributed by atoms with E-state index in [1.54, 1.807) is 30.8 Å². The van der Waals surface area contributed by atoms with Gasteiger partial charge in [-0.25, -0.2) is 0 Å². The number of hydrogen-bond donors (Lipinski definition) is 0. The van der Waals surface area contributed by atoms with E-state index in [0.717, 1.165) is 5.69 Å². The largest absolute Gasteiger partial charge is 0.493 e. The first-order valence-electron chi connectivity index (χ1n) is 6.76. The molecule has 0 radical (unpaired) electrons. The number of carbonyl (C=O) groups is 1. The number of hydrogen-bond acceptors (Lipinski definition) is 4. The van der Waals surface area contributed by atoms with Crippen molar-refractivity contribution in [3.8, 4) is 11.5 Å². The quantitative estimate of drug-likeness (QED) is 0.605. The zero-order chi connectivity index (χ0) is 17.0. The molecule has 0 bridgehead atoms. The number of ether oxygens (including phenoxy) is 2. The van der Waals surface area contributed by atoms with Crippen molar-refractivity contribution in [2.75, 3.05) is 7.11 Å². The maximum Gasteiger partial charge on any atom is 0.387 e. The first-order chi connectivity index (χ1) is 10.9. The van der Waals surface area contributed by atoms with E-state index < -0.39 is 6.61 Å². The summed E-state index contributed by atoms with van der Waals surface area (Å²) in [5, 5.41) is 4.01. The van der Waals surface area contributed by atoms with Crippen LogP contribution < -0.4 is 9.47 Å². The molecule has 7 heteroatoms. The molecule has 1 heterocycles. The van der Waals surface area contributed by atoms with E-state index in [1.807, 2.05) is 0 Å². The van der Waals surface area contributed by atoms with Crippen LogP contribution in [0.25, 0.3) is 6.08 Å². The number of carbonyl (C=O) groups excluding carboxylic acids is 1. The van der Waals surface area contributed by atoms with Crippen LogP contribution in [0.1, 0.15) is 21.6 Å². The van der Waals surface area contributed by atoms with Gasteiger partial charge in [0.2, 0.25) is 0 Å². The molecule has 0 unspecified atom stereocenters. The van der Waals surface area contributed by atoms with Crippen molar-refractivity contribution in [3.63, 3.8) is 0 Å². The number of ketones is 1. The lowest BCUT2D eigenvalue weighted by molar-refractivity contribution is -0.0512. The van der Waals surface area contributed by atoms with Gasteiger partial charge >= 0.3 is 6.61 Å². The third-order valence-corrected chi connectivity index (χ3v) is 3.33. The number of halogens is 2. The summed E-state index contributed by atoms with van der Waals surface area (Å²) in [5.41, 5.74) is 1.89. The van der Waals surface area contributed by atoms with Gasteiger partial charge in [-0.05, 0) is 30.7 Å². The normalized spacial score (nSPS) is 11.2. The molecule has 23 heavy (non-hydrogen) atoms. The van der Waals surface area contributed by atoms with E-state index in [4.69, 9.17) is 4.74 Å². The van der Waals surface area contributed by atoms with Crippen LogP contribution in [0.5, 0.6) is 11.5 Å². The number of aromatic nitrogens is 2. The zero-order valence-electron chi connectivity index (χ0n) is 12.9. The highest BCUT2D eigenvalue weighted by molar-refractivity contribution is 6.07. The Morgan fingerprint density at radius 2 is 2.09 bits per heavy atom. The molecule has 0 saturated heterocycles. The van der Waals surface area contributed by atoms with Crippen LogP contribution in [-0.2, 0) is 7.05 Å². The van der Waals surface area contributed by atoms with Crippen LogP contribution in [0, 0.1) is 6.92 Å². The summed E-state index contributed by atoms with van der Waals surface area (Å²) in [5.74, 6) is -0.0889. The Morgan fingerprint density at radius 1 is 1.35 bits per heavy atom. The number of alkyl halides is 2. The lowest BCUT2D eigenvalue weighted by atomic mass is 10.1. The van der Waals surface area contributed by atoms with Crippen molar-refractivity contribution in [1.82, 2.24) is 9.78 Å². The maximum atomic E-state index is 12.3. The van der Waals surface area contributed by atoms with Crippen molar-refractivity contribution in [1.29, 1.82) is 0 Å². The SMILES string of the molecule is COc1cc(/C=C/C(=O)c2cnn(C)c2C)ccc1OC(F)F. The fourth-order valence-corrected chi connectivity index (χ4v) is 1.98. The minimum absolute atomic E-state index is 0.0610. The molecule has 0 aliphatic heterocycles. The van der Waals surface area contributed by atoms with Crippen molar-refractivity contribution < 1.29 is 23.0 Å². The van der Waals surface area contributed by atoms with E-state index in [-0.39, 0.29) is 17.3 Å². The van der Waals surface area contributed by atoms with Gasteiger partial charge in [0.25, 0.3) is 0 Å². The Kier molecular flexibility index (Phi) is 5.10. The first-order valence-corrected chi connectivity index (χ1v) is 6.76. The first kappa shape index (κ1) is 16.7. The monoisotopic (exact) mass is 322 g/mol. The van der Waals surface area contributed by atoms with E-state index in [2.05, 4.69) is 9.84 Å². The molecule has 5 nitrogen and oxygen atoms in total. The average Bonchev–Trinajstić information content (AvgIpc) is 2.85. The molecule has 122 valence electrons. The number of methoxy groups -OCH3 is 1. The fourth-order valence-electron chi connectivity index (χ4n) is 1.98. The highest BCUT2D eigenvalue weighted by Crippen LogP contribution is 2.29. The smallest absolute Gasteiger partial charge is 0.387 e. The molecule has 2 rings (SSSR count). The molecular weight excluding hydrogens is 306 g/mol. The number of nitrogens with zero attached hydrogens (tertiary/aromatic N) is 2. The third-order valence-electron chi connectivity index (χ3n) is 3.33. The molecule has 0 atom stereocenters. The Balaban J connectivity index is 2.19. The van der Waals surface area contributed by atoms with Crippen LogP contribution in [0.4, 0.5) is 8.78 Å². The molecule has 0 fully saturated rings. The van der Waals surface area contributed by atoms with Crippen molar-refractivity contribution >= 4 is 11.9 Å². The highest BCUT2D eigenvalue weighted by Gasteiger charge is 2.12. The van der Waals surface area contributed by atoms with Gasteiger partial charge < -0.3 is 9.47 Å². The van der Waals surface area contributed by atoms with Crippen LogP contribution in [0.15, 0.2) is 30.5 Å². The van der Waals surface area contributed by atoms with Crippen LogP contribution in [0.3, 0.4) is 0 Å². The summed E-state index contributed by atoms with van der Waals surface area (Å²) in [7, 11) is 3.10. The second kappa shape index (κ2) is 7.04. The lowest BCUT2D eigenvalue weighted by Gasteiger charge is -2.10. The van der Waals surface area contributed by atoms with Crippen molar-refractivity contribution in [2.24, 2.45) is 7.05 Å². The molecule has 0 spiro atoms. The molecule has 0 amide bonds. The summed E-state index contributed by atoms with van der Waals surface area (Å²) in [6.07, 6.45) is 4.47.